The molecular formula is C72H136O6. The first-order valence-corrected chi connectivity index (χ1v) is 35.3. The van der Waals surface area contributed by atoms with Gasteiger partial charge in [-0.3, -0.25) is 14.4 Å². The van der Waals surface area contributed by atoms with Gasteiger partial charge in [-0.1, -0.05) is 353 Å². The zero-order chi connectivity index (χ0) is 56.4. The van der Waals surface area contributed by atoms with Crippen molar-refractivity contribution >= 4 is 17.9 Å². The quantitative estimate of drug-likeness (QED) is 0.0261. The van der Waals surface area contributed by atoms with Gasteiger partial charge in [0.25, 0.3) is 0 Å². The minimum atomic E-state index is -0.772. The van der Waals surface area contributed by atoms with Gasteiger partial charge in [0.05, 0.1) is 0 Å². The molecule has 0 aliphatic rings. The number of allylic oxidation sites excluding steroid dienone is 4. The molecule has 0 bridgehead atoms. The summed E-state index contributed by atoms with van der Waals surface area (Å²) in [6, 6.07) is 0. The molecule has 0 aliphatic heterocycles. The second-order valence-corrected chi connectivity index (χ2v) is 24.2. The largest absolute Gasteiger partial charge is 0.462 e. The van der Waals surface area contributed by atoms with Gasteiger partial charge < -0.3 is 14.2 Å². The van der Waals surface area contributed by atoms with Crippen molar-refractivity contribution in [2.24, 2.45) is 0 Å². The average Bonchev–Trinajstić information content (AvgIpc) is 3.44. The summed E-state index contributed by atoms with van der Waals surface area (Å²) < 4.78 is 17.0. The van der Waals surface area contributed by atoms with E-state index in [-0.39, 0.29) is 31.1 Å². The van der Waals surface area contributed by atoms with E-state index in [1.807, 2.05) is 0 Å². The molecule has 1 atom stereocenters. The Labute approximate surface area is 487 Å². The second-order valence-electron chi connectivity index (χ2n) is 24.2. The summed E-state index contributed by atoms with van der Waals surface area (Å²) >= 11 is 0. The average molecular weight is 1100 g/mol. The fourth-order valence-electron chi connectivity index (χ4n) is 10.9. The van der Waals surface area contributed by atoms with Gasteiger partial charge >= 0.3 is 17.9 Å². The van der Waals surface area contributed by atoms with Crippen molar-refractivity contribution in [3.63, 3.8) is 0 Å². The van der Waals surface area contributed by atoms with Crippen LogP contribution in [0.25, 0.3) is 0 Å². The summed E-state index contributed by atoms with van der Waals surface area (Å²) in [4.78, 5) is 38.3. The first kappa shape index (κ1) is 75.9. The Balaban J connectivity index is 4.10. The van der Waals surface area contributed by atoms with Crippen LogP contribution in [0.4, 0.5) is 0 Å². The third-order valence-corrected chi connectivity index (χ3v) is 16.2. The molecular weight excluding hydrogens is 961 g/mol. The molecule has 6 heteroatoms. The van der Waals surface area contributed by atoms with Gasteiger partial charge in [-0.15, -0.1) is 0 Å². The Kier molecular flexibility index (Phi) is 65.6. The van der Waals surface area contributed by atoms with Gasteiger partial charge in [-0.2, -0.15) is 0 Å². The number of esters is 3. The topological polar surface area (TPSA) is 78.9 Å². The highest BCUT2D eigenvalue weighted by atomic mass is 16.6. The van der Waals surface area contributed by atoms with Crippen LogP contribution in [0.1, 0.15) is 400 Å². The van der Waals surface area contributed by atoms with Crippen molar-refractivity contribution in [3.05, 3.63) is 24.3 Å². The fraction of sp³-hybridized carbons (Fsp3) is 0.903. The van der Waals surface area contributed by atoms with Crippen molar-refractivity contribution in [3.8, 4) is 0 Å². The summed E-state index contributed by atoms with van der Waals surface area (Å²) in [7, 11) is 0. The second kappa shape index (κ2) is 67.4. The van der Waals surface area contributed by atoms with Gasteiger partial charge in [-0.25, -0.2) is 0 Å². The van der Waals surface area contributed by atoms with Crippen LogP contribution in [-0.2, 0) is 28.6 Å². The molecule has 78 heavy (non-hydrogen) atoms. The van der Waals surface area contributed by atoms with E-state index in [9.17, 15) is 14.4 Å². The smallest absolute Gasteiger partial charge is 0.306 e. The van der Waals surface area contributed by atoms with E-state index in [2.05, 4.69) is 45.1 Å². The Morgan fingerprint density at radius 3 is 0.731 bits per heavy atom. The van der Waals surface area contributed by atoms with Crippen molar-refractivity contribution in [1.82, 2.24) is 0 Å². The number of unbranched alkanes of at least 4 members (excludes halogenated alkanes) is 51. The van der Waals surface area contributed by atoms with Crippen LogP contribution in [0.3, 0.4) is 0 Å². The Morgan fingerprint density at radius 1 is 0.256 bits per heavy atom. The van der Waals surface area contributed by atoms with E-state index in [4.69, 9.17) is 14.2 Å². The molecule has 0 aromatic carbocycles. The van der Waals surface area contributed by atoms with Crippen molar-refractivity contribution in [2.75, 3.05) is 13.2 Å². The van der Waals surface area contributed by atoms with Crippen LogP contribution in [0.5, 0.6) is 0 Å². The van der Waals surface area contributed by atoms with Crippen molar-refractivity contribution in [2.45, 2.75) is 406 Å². The van der Waals surface area contributed by atoms with Crippen LogP contribution in [-0.4, -0.2) is 37.2 Å². The lowest BCUT2D eigenvalue weighted by molar-refractivity contribution is -0.167. The van der Waals surface area contributed by atoms with E-state index in [1.165, 1.54) is 289 Å². The SMILES string of the molecule is CCCCC/C=C\C/C=C\CCCCCCCCCC(=O)OC(COC(=O)CCCCCCCCCCCCCC)COC(=O)CCCCCCCCCCCCCCCCCCCCCCCCCCCCCCCCC. The van der Waals surface area contributed by atoms with Gasteiger partial charge in [0.15, 0.2) is 6.10 Å². The maximum atomic E-state index is 12.9. The maximum absolute atomic E-state index is 12.9. The van der Waals surface area contributed by atoms with Crippen LogP contribution in [0.15, 0.2) is 24.3 Å². The molecule has 0 aliphatic carbocycles. The van der Waals surface area contributed by atoms with Gasteiger partial charge in [0, 0.05) is 19.3 Å². The van der Waals surface area contributed by atoms with Gasteiger partial charge in [0.1, 0.15) is 13.2 Å². The zero-order valence-corrected chi connectivity index (χ0v) is 53.0. The van der Waals surface area contributed by atoms with Crippen molar-refractivity contribution in [1.29, 1.82) is 0 Å². The highest BCUT2D eigenvalue weighted by molar-refractivity contribution is 5.71. The fourth-order valence-corrected chi connectivity index (χ4v) is 10.9. The van der Waals surface area contributed by atoms with E-state index >= 15 is 0 Å². The number of carbonyl (C=O) groups is 3. The molecule has 0 heterocycles. The normalized spacial score (nSPS) is 12.1. The maximum Gasteiger partial charge on any atom is 0.306 e. The zero-order valence-electron chi connectivity index (χ0n) is 53.0. The molecule has 0 radical (unpaired) electrons. The van der Waals surface area contributed by atoms with E-state index in [1.54, 1.807) is 0 Å². The lowest BCUT2D eigenvalue weighted by atomic mass is 10.0. The Morgan fingerprint density at radius 2 is 0.462 bits per heavy atom. The molecule has 0 spiro atoms. The number of hydrogen-bond acceptors (Lipinski definition) is 6. The van der Waals surface area contributed by atoms with E-state index in [0.29, 0.717) is 19.3 Å². The predicted octanol–water partition coefficient (Wildman–Crippen LogP) is 24.2. The predicted molar refractivity (Wildman–Crippen MR) is 340 cm³/mol. The first-order valence-electron chi connectivity index (χ1n) is 35.3. The van der Waals surface area contributed by atoms with Crippen LogP contribution >= 0.6 is 0 Å². The summed E-state index contributed by atoms with van der Waals surface area (Å²) in [6.07, 6.45) is 82.2. The van der Waals surface area contributed by atoms with Gasteiger partial charge in [-0.05, 0) is 51.4 Å². The minimum Gasteiger partial charge on any atom is -0.462 e. The third kappa shape index (κ3) is 64.7. The van der Waals surface area contributed by atoms with Crippen LogP contribution in [0, 0.1) is 0 Å². The number of rotatable bonds is 66. The molecule has 0 N–H and O–H groups in total. The molecule has 0 aromatic rings. The van der Waals surface area contributed by atoms with Crippen LogP contribution in [0.2, 0.25) is 0 Å². The molecule has 0 saturated heterocycles. The molecule has 0 saturated carbocycles. The van der Waals surface area contributed by atoms with Gasteiger partial charge in [0.2, 0.25) is 0 Å². The molecule has 460 valence electrons. The summed E-state index contributed by atoms with van der Waals surface area (Å²) in [5, 5.41) is 0. The Hall–Kier alpha value is -2.11. The highest BCUT2D eigenvalue weighted by Gasteiger charge is 2.19. The monoisotopic (exact) mass is 1100 g/mol. The third-order valence-electron chi connectivity index (χ3n) is 16.2. The molecule has 0 fully saturated rings. The summed E-state index contributed by atoms with van der Waals surface area (Å²) in [5.74, 6) is -0.848. The molecule has 0 amide bonds. The van der Waals surface area contributed by atoms with Crippen LogP contribution < -0.4 is 0 Å². The van der Waals surface area contributed by atoms with E-state index in [0.717, 1.165) is 70.6 Å². The molecule has 0 rings (SSSR count). The molecule has 6 nitrogen and oxygen atoms in total. The number of carbonyl (C=O) groups excluding carboxylic acids is 3. The van der Waals surface area contributed by atoms with Crippen molar-refractivity contribution < 1.29 is 28.6 Å². The molecule has 1 unspecified atom stereocenters. The lowest BCUT2D eigenvalue weighted by Gasteiger charge is -2.18. The summed E-state index contributed by atoms with van der Waals surface area (Å²) in [6.45, 7) is 6.68. The summed E-state index contributed by atoms with van der Waals surface area (Å²) in [5.41, 5.74) is 0. The standard InChI is InChI=1S/C72H136O6/c1-4-7-10-13-16-19-22-25-27-29-30-31-32-33-34-35-36-37-38-39-40-41-42-44-45-47-50-53-56-59-62-65-71(74)77-68-69(67-76-70(73)64-61-58-55-52-49-24-21-18-15-12-9-6-3)78-72(75)66-63-60-57-54-51-48-46-43-28-26-23-20-17-14-11-8-5-2/h17,20,26,28,69H,4-16,18-19,21-25,27,29-68H2,1-3H3/b20-17-,28-26-. The molecule has 0 aromatic heterocycles. The van der Waals surface area contributed by atoms with E-state index < -0.39 is 6.10 Å². The Bertz CT molecular complexity index is 1260. The lowest BCUT2D eigenvalue weighted by Crippen LogP contribution is -2.30. The first-order chi connectivity index (χ1) is 38.5. The number of hydrogen-bond donors (Lipinski definition) is 0. The number of ether oxygens (including phenoxy) is 3. The minimum absolute atomic E-state index is 0.0684. The highest BCUT2D eigenvalue weighted by Crippen LogP contribution is 2.19.